The molecule has 4 nitrogen and oxygen atoms in total. The van der Waals surface area contributed by atoms with Crippen molar-refractivity contribution in [2.75, 3.05) is 7.05 Å². The van der Waals surface area contributed by atoms with Gasteiger partial charge in [0.2, 0.25) is 0 Å². The lowest BCUT2D eigenvalue weighted by Crippen LogP contribution is -2.35. The molecule has 0 saturated carbocycles. The third-order valence-corrected chi connectivity index (χ3v) is 4.10. The summed E-state index contributed by atoms with van der Waals surface area (Å²) in [5.41, 5.74) is 0.470. The van der Waals surface area contributed by atoms with Crippen LogP contribution in [0.15, 0.2) is 30.5 Å². The molecule has 1 aromatic carbocycles. The van der Waals surface area contributed by atoms with Gasteiger partial charge in [0.1, 0.15) is 16.9 Å². The molecular weight excluding hydrogens is 279 g/mol. The van der Waals surface area contributed by atoms with Crippen molar-refractivity contribution in [2.24, 2.45) is 0 Å². The second-order valence-electron chi connectivity index (χ2n) is 4.54. The van der Waals surface area contributed by atoms with Gasteiger partial charge in [-0.1, -0.05) is 12.1 Å². The Kier molecular flexibility index (Phi) is 4.46. The van der Waals surface area contributed by atoms with E-state index >= 15 is 0 Å². The van der Waals surface area contributed by atoms with E-state index in [-0.39, 0.29) is 5.82 Å². The summed E-state index contributed by atoms with van der Waals surface area (Å²) >= 11 is 1.37. The Balaban J connectivity index is 2.14. The van der Waals surface area contributed by atoms with Crippen LogP contribution in [0.4, 0.5) is 4.39 Å². The number of carboxylic acid groups (broad SMARTS) is 1. The number of carbonyl (C=O) groups is 1. The van der Waals surface area contributed by atoms with Crippen molar-refractivity contribution < 1.29 is 14.3 Å². The summed E-state index contributed by atoms with van der Waals surface area (Å²) in [5, 5.41) is 9.55. The van der Waals surface area contributed by atoms with Crippen LogP contribution in [0, 0.1) is 5.82 Å². The molecule has 1 heterocycles. The smallest absolute Gasteiger partial charge is 0.320 e. The van der Waals surface area contributed by atoms with E-state index in [2.05, 4.69) is 4.98 Å². The van der Waals surface area contributed by atoms with Crippen LogP contribution >= 0.6 is 11.3 Å². The van der Waals surface area contributed by atoms with Crippen molar-refractivity contribution >= 4 is 17.3 Å². The average molecular weight is 294 g/mol. The molecule has 0 fully saturated rings. The highest BCUT2D eigenvalue weighted by atomic mass is 32.1. The lowest BCUT2D eigenvalue weighted by Gasteiger charge is -2.19. The molecule has 106 valence electrons. The van der Waals surface area contributed by atoms with E-state index in [0.717, 1.165) is 4.88 Å². The first-order valence-corrected chi connectivity index (χ1v) is 6.93. The molecule has 0 aliphatic heterocycles. The Morgan fingerprint density at radius 3 is 2.85 bits per heavy atom. The number of hydrogen-bond donors (Lipinski definition) is 1. The fourth-order valence-electron chi connectivity index (χ4n) is 1.71. The normalized spacial score (nSPS) is 12.6. The van der Waals surface area contributed by atoms with Crippen molar-refractivity contribution in [3.63, 3.8) is 0 Å². The summed E-state index contributed by atoms with van der Waals surface area (Å²) in [6.07, 6.45) is 1.66. The highest BCUT2D eigenvalue weighted by Crippen LogP contribution is 2.27. The number of aliphatic carboxylic acids is 1. The van der Waals surface area contributed by atoms with Crippen LogP contribution in [0.1, 0.15) is 11.8 Å². The molecule has 1 aromatic heterocycles. The zero-order chi connectivity index (χ0) is 14.7. The molecule has 2 rings (SSSR count). The van der Waals surface area contributed by atoms with Gasteiger partial charge >= 0.3 is 5.97 Å². The van der Waals surface area contributed by atoms with E-state index in [1.165, 1.54) is 17.4 Å². The van der Waals surface area contributed by atoms with Gasteiger partial charge in [-0.2, -0.15) is 0 Å². The first-order chi connectivity index (χ1) is 9.49. The number of hydrogen-bond acceptors (Lipinski definition) is 4. The van der Waals surface area contributed by atoms with Crippen LogP contribution in [0.5, 0.6) is 0 Å². The summed E-state index contributed by atoms with van der Waals surface area (Å²) in [7, 11) is 1.74. The molecule has 0 aliphatic carbocycles. The lowest BCUT2D eigenvalue weighted by molar-refractivity contribution is -0.142. The summed E-state index contributed by atoms with van der Waals surface area (Å²) in [6.45, 7) is 2.10. The quantitative estimate of drug-likeness (QED) is 0.921. The first-order valence-electron chi connectivity index (χ1n) is 6.11. The topological polar surface area (TPSA) is 53.4 Å². The van der Waals surface area contributed by atoms with Gasteiger partial charge in [-0.15, -0.1) is 11.3 Å². The summed E-state index contributed by atoms with van der Waals surface area (Å²) in [6, 6.07) is 5.90. The molecule has 6 heteroatoms. The predicted molar refractivity (Wildman–Crippen MR) is 76.1 cm³/mol. The van der Waals surface area contributed by atoms with Gasteiger partial charge in [-0.3, -0.25) is 9.69 Å². The predicted octanol–water partition coefficient (Wildman–Crippen LogP) is 2.85. The number of aromatic nitrogens is 1. The van der Waals surface area contributed by atoms with Crippen LogP contribution in [0.3, 0.4) is 0 Å². The van der Waals surface area contributed by atoms with E-state index in [1.54, 1.807) is 43.3 Å². The Morgan fingerprint density at radius 2 is 2.20 bits per heavy atom. The van der Waals surface area contributed by atoms with E-state index in [1.807, 2.05) is 0 Å². The zero-order valence-electron chi connectivity index (χ0n) is 11.2. The Bertz CT molecular complexity index is 615. The first kappa shape index (κ1) is 14.6. The number of likely N-dealkylation sites (N-methyl/N-ethyl adjacent to an activating group) is 1. The third kappa shape index (κ3) is 3.20. The van der Waals surface area contributed by atoms with Crippen LogP contribution in [0.2, 0.25) is 0 Å². The molecule has 0 saturated heterocycles. The van der Waals surface area contributed by atoms with Gasteiger partial charge in [-0.05, 0) is 26.1 Å². The van der Waals surface area contributed by atoms with Gasteiger partial charge in [0.15, 0.2) is 0 Å². The zero-order valence-corrected chi connectivity index (χ0v) is 12.0. The Morgan fingerprint density at radius 1 is 1.50 bits per heavy atom. The third-order valence-electron chi connectivity index (χ3n) is 3.08. The van der Waals surface area contributed by atoms with Gasteiger partial charge in [-0.25, -0.2) is 9.37 Å². The average Bonchev–Trinajstić information content (AvgIpc) is 2.86. The number of thiazole rings is 1. The molecule has 20 heavy (non-hydrogen) atoms. The second kappa shape index (κ2) is 6.11. The van der Waals surface area contributed by atoms with E-state index in [4.69, 9.17) is 5.11 Å². The molecule has 0 spiro atoms. The lowest BCUT2D eigenvalue weighted by atomic mass is 10.2. The Hall–Kier alpha value is -1.79. The van der Waals surface area contributed by atoms with E-state index in [0.29, 0.717) is 17.1 Å². The van der Waals surface area contributed by atoms with Gasteiger partial charge < -0.3 is 5.11 Å². The molecule has 0 aliphatic rings. The molecule has 1 N–H and O–H groups in total. The van der Waals surface area contributed by atoms with E-state index < -0.39 is 12.0 Å². The second-order valence-corrected chi connectivity index (χ2v) is 5.66. The van der Waals surface area contributed by atoms with Gasteiger partial charge in [0.05, 0.1) is 0 Å². The molecule has 2 aromatic rings. The Labute approximate surface area is 120 Å². The van der Waals surface area contributed by atoms with Crippen molar-refractivity contribution in [1.29, 1.82) is 0 Å². The maximum Gasteiger partial charge on any atom is 0.320 e. The number of carboxylic acids is 1. The van der Waals surface area contributed by atoms with Crippen LogP contribution in [-0.4, -0.2) is 34.0 Å². The summed E-state index contributed by atoms with van der Waals surface area (Å²) in [5.74, 6) is -1.17. The van der Waals surface area contributed by atoms with Gasteiger partial charge in [0, 0.05) is 23.2 Å². The van der Waals surface area contributed by atoms with Crippen LogP contribution in [0.25, 0.3) is 10.6 Å². The summed E-state index contributed by atoms with van der Waals surface area (Å²) in [4.78, 5) is 17.7. The fraction of sp³-hybridized carbons (Fsp3) is 0.286. The maximum atomic E-state index is 13.7. The van der Waals surface area contributed by atoms with Gasteiger partial charge in [0.25, 0.3) is 0 Å². The van der Waals surface area contributed by atoms with Crippen LogP contribution < -0.4 is 0 Å². The monoisotopic (exact) mass is 294 g/mol. The molecule has 0 radical (unpaired) electrons. The highest BCUT2D eigenvalue weighted by molar-refractivity contribution is 7.15. The van der Waals surface area contributed by atoms with E-state index in [9.17, 15) is 9.18 Å². The maximum absolute atomic E-state index is 13.7. The number of benzene rings is 1. The highest BCUT2D eigenvalue weighted by Gasteiger charge is 2.18. The molecular formula is C14H15FN2O2S. The molecule has 1 atom stereocenters. The van der Waals surface area contributed by atoms with Crippen molar-refractivity contribution in [3.8, 4) is 10.6 Å². The number of halogens is 1. The van der Waals surface area contributed by atoms with Crippen molar-refractivity contribution in [2.45, 2.75) is 19.5 Å². The number of nitrogens with zero attached hydrogens (tertiary/aromatic N) is 2. The standard InChI is InChI=1S/C14H15FN2O2S/c1-9(14(18)19)17(2)8-10-7-16-13(20-10)11-5-3-4-6-12(11)15/h3-7,9H,8H2,1-2H3,(H,18,19). The minimum atomic E-state index is -0.869. The molecule has 0 amide bonds. The minimum absolute atomic E-state index is 0.305. The fourth-order valence-corrected chi connectivity index (χ4v) is 2.71. The van der Waals surface area contributed by atoms with Crippen molar-refractivity contribution in [3.05, 3.63) is 41.2 Å². The molecule has 0 bridgehead atoms. The minimum Gasteiger partial charge on any atom is -0.480 e. The van der Waals surface area contributed by atoms with Crippen LogP contribution in [-0.2, 0) is 11.3 Å². The largest absolute Gasteiger partial charge is 0.480 e. The SMILES string of the molecule is CC(C(=O)O)N(C)Cc1cnc(-c2ccccc2F)s1. The van der Waals surface area contributed by atoms with Crippen molar-refractivity contribution in [1.82, 2.24) is 9.88 Å². The molecule has 1 unspecified atom stereocenters. The summed E-state index contributed by atoms with van der Waals surface area (Å²) < 4.78 is 13.7. The number of rotatable bonds is 5.